The molecule has 0 aliphatic carbocycles. The Kier molecular flexibility index (Phi) is 4.32. The predicted octanol–water partition coefficient (Wildman–Crippen LogP) is 2.09. The first kappa shape index (κ1) is 10.9. The molecule has 0 amide bonds. The van der Waals surface area contributed by atoms with Crippen LogP contribution < -0.4 is 10.6 Å². The van der Waals surface area contributed by atoms with E-state index in [1.807, 2.05) is 19.1 Å². The van der Waals surface area contributed by atoms with Crippen LogP contribution in [0.15, 0.2) is 18.3 Å². The van der Waals surface area contributed by atoms with E-state index in [9.17, 15) is 0 Å². The molecule has 0 spiro atoms. The molecule has 0 bridgehead atoms. The van der Waals surface area contributed by atoms with Crippen LogP contribution in [0.3, 0.4) is 0 Å². The molecule has 0 saturated carbocycles. The van der Waals surface area contributed by atoms with Gasteiger partial charge in [-0.25, -0.2) is 4.98 Å². The summed E-state index contributed by atoms with van der Waals surface area (Å²) in [5.74, 6) is 0.790. The van der Waals surface area contributed by atoms with Gasteiger partial charge >= 0.3 is 0 Å². The lowest BCUT2D eigenvalue weighted by Crippen LogP contribution is -2.29. The Balaban J connectivity index is 2.47. The van der Waals surface area contributed by atoms with E-state index in [1.165, 1.54) is 5.56 Å². The Morgan fingerprint density at radius 3 is 3.00 bits per heavy atom. The van der Waals surface area contributed by atoms with Crippen molar-refractivity contribution in [1.29, 1.82) is 0 Å². The molecular formula is C10H15N3S. The summed E-state index contributed by atoms with van der Waals surface area (Å²) < 4.78 is 0. The van der Waals surface area contributed by atoms with Gasteiger partial charge in [0.15, 0.2) is 5.11 Å². The van der Waals surface area contributed by atoms with Gasteiger partial charge in [-0.15, -0.1) is 0 Å². The molecule has 76 valence electrons. The van der Waals surface area contributed by atoms with Crippen molar-refractivity contribution in [1.82, 2.24) is 10.3 Å². The quantitative estimate of drug-likeness (QED) is 0.747. The highest BCUT2D eigenvalue weighted by Gasteiger charge is 1.96. The lowest BCUT2D eigenvalue weighted by Gasteiger charge is -2.08. The van der Waals surface area contributed by atoms with Gasteiger partial charge in [0, 0.05) is 12.7 Å². The Labute approximate surface area is 89.9 Å². The van der Waals surface area contributed by atoms with Crippen LogP contribution in [-0.2, 0) is 0 Å². The minimum atomic E-state index is 0.630. The molecule has 1 aromatic heterocycles. The summed E-state index contributed by atoms with van der Waals surface area (Å²) in [5, 5.41) is 6.74. The summed E-state index contributed by atoms with van der Waals surface area (Å²) >= 11 is 5.08. The van der Waals surface area contributed by atoms with Crippen LogP contribution in [0.4, 0.5) is 5.82 Å². The minimum absolute atomic E-state index is 0.630. The van der Waals surface area contributed by atoms with Crippen molar-refractivity contribution in [2.45, 2.75) is 20.3 Å². The number of hydrogen-bond donors (Lipinski definition) is 2. The first-order valence-corrected chi connectivity index (χ1v) is 5.10. The van der Waals surface area contributed by atoms with Crippen molar-refractivity contribution in [2.24, 2.45) is 0 Å². The van der Waals surface area contributed by atoms with Crippen molar-refractivity contribution >= 4 is 23.1 Å². The van der Waals surface area contributed by atoms with Crippen LogP contribution in [0.2, 0.25) is 0 Å². The monoisotopic (exact) mass is 209 g/mol. The van der Waals surface area contributed by atoms with Crippen LogP contribution in [0.25, 0.3) is 0 Å². The maximum atomic E-state index is 5.08. The molecule has 0 radical (unpaired) electrons. The average molecular weight is 209 g/mol. The van der Waals surface area contributed by atoms with E-state index in [-0.39, 0.29) is 0 Å². The van der Waals surface area contributed by atoms with Gasteiger partial charge in [0.1, 0.15) is 5.82 Å². The number of pyridine rings is 1. The molecule has 14 heavy (non-hydrogen) atoms. The zero-order valence-corrected chi connectivity index (χ0v) is 9.32. The number of thiocarbonyl (C=S) groups is 1. The number of nitrogens with zero attached hydrogens (tertiary/aromatic N) is 1. The van der Waals surface area contributed by atoms with Crippen molar-refractivity contribution in [3.05, 3.63) is 23.9 Å². The maximum Gasteiger partial charge on any atom is 0.171 e. The molecule has 0 unspecified atom stereocenters. The highest BCUT2D eigenvalue weighted by atomic mass is 32.1. The van der Waals surface area contributed by atoms with Gasteiger partial charge < -0.3 is 10.6 Å². The molecular weight excluding hydrogens is 194 g/mol. The van der Waals surface area contributed by atoms with Crippen molar-refractivity contribution in [2.75, 3.05) is 11.9 Å². The molecule has 0 saturated heterocycles. The molecule has 3 nitrogen and oxygen atoms in total. The first-order valence-electron chi connectivity index (χ1n) is 4.70. The second kappa shape index (κ2) is 5.54. The number of aryl methyl sites for hydroxylation is 1. The summed E-state index contributed by atoms with van der Waals surface area (Å²) in [5.41, 5.74) is 1.17. The number of anilines is 1. The molecule has 4 heteroatoms. The van der Waals surface area contributed by atoms with Crippen LogP contribution >= 0.6 is 12.2 Å². The van der Waals surface area contributed by atoms with Crippen molar-refractivity contribution < 1.29 is 0 Å². The Morgan fingerprint density at radius 2 is 2.36 bits per heavy atom. The standard InChI is InChI=1S/C10H15N3S/c1-3-5-12-10(14)13-9-7-8(2)4-6-11-9/h4,6-7H,3,5H2,1-2H3,(H2,11,12,13,14). The molecule has 1 aromatic rings. The Morgan fingerprint density at radius 1 is 1.57 bits per heavy atom. The fourth-order valence-corrected chi connectivity index (χ4v) is 1.21. The van der Waals surface area contributed by atoms with Gasteiger partial charge in [-0.2, -0.15) is 0 Å². The van der Waals surface area contributed by atoms with Gasteiger partial charge in [0.05, 0.1) is 0 Å². The molecule has 0 fully saturated rings. The second-order valence-electron chi connectivity index (χ2n) is 3.10. The third-order valence-corrected chi connectivity index (χ3v) is 1.94. The van der Waals surface area contributed by atoms with E-state index in [0.29, 0.717) is 5.11 Å². The first-order chi connectivity index (χ1) is 6.72. The van der Waals surface area contributed by atoms with E-state index >= 15 is 0 Å². The van der Waals surface area contributed by atoms with E-state index in [0.717, 1.165) is 18.8 Å². The molecule has 0 atom stereocenters. The van der Waals surface area contributed by atoms with Gasteiger partial charge in [-0.05, 0) is 43.3 Å². The number of hydrogen-bond acceptors (Lipinski definition) is 2. The molecule has 2 N–H and O–H groups in total. The second-order valence-corrected chi connectivity index (χ2v) is 3.51. The molecule has 0 aliphatic heterocycles. The highest BCUT2D eigenvalue weighted by Crippen LogP contribution is 2.04. The van der Waals surface area contributed by atoms with E-state index < -0.39 is 0 Å². The van der Waals surface area contributed by atoms with Crippen LogP contribution in [0.1, 0.15) is 18.9 Å². The summed E-state index contributed by atoms with van der Waals surface area (Å²) in [6.45, 7) is 5.01. The number of rotatable bonds is 3. The van der Waals surface area contributed by atoms with Gasteiger partial charge in [0.2, 0.25) is 0 Å². The molecule has 1 heterocycles. The van der Waals surface area contributed by atoms with Crippen LogP contribution in [0.5, 0.6) is 0 Å². The van der Waals surface area contributed by atoms with Crippen molar-refractivity contribution in [3.8, 4) is 0 Å². The fraction of sp³-hybridized carbons (Fsp3) is 0.400. The predicted molar refractivity (Wildman–Crippen MR) is 63.5 cm³/mol. The molecule has 0 aliphatic rings. The smallest absolute Gasteiger partial charge is 0.171 e. The van der Waals surface area contributed by atoms with Crippen LogP contribution in [0, 0.1) is 6.92 Å². The third kappa shape index (κ3) is 3.70. The van der Waals surface area contributed by atoms with Gasteiger partial charge in [-0.3, -0.25) is 0 Å². The van der Waals surface area contributed by atoms with E-state index in [1.54, 1.807) is 6.20 Å². The SMILES string of the molecule is CCCNC(=S)Nc1cc(C)ccn1. The average Bonchev–Trinajstić information content (AvgIpc) is 2.15. The maximum absolute atomic E-state index is 5.08. The summed E-state index contributed by atoms with van der Waals surface area (Å²) in [7, 11) is 0. The van der Waals surface area contributed by atoms with Gasteiger partial charge in [-0.1, -0.05) is 6.92 Å². The molecule has 0 aromatic carbocycles. The van der Waals surface area contributed by atoms with Crippen LogP contribution in [-0.4, -0.2) is 16.6 Å². The Bertz CT molecular complexity index is 312. The van der Waals surface area contributed by atoms with E-state index in [2.05, 4.69) is 22.5 Å². The van der Waals surface area contributed by atoms with E-state index in [4.69, 9.17) is 12.2 Å². The summed E-state index contributed by atoms with van der Waals surface area (Å²) in [4.78, 5) is 4.15. The minimum Gasteiger partial charge on any atom is -0.362 e. The van der Waals surface area contributed by atoms with Gasteiger partial charge in [0.25, 0.3) is 0 Å². The number of aromatic nitrogens is 1. The fourth-order valence-electron chi connectivity index (χ4n) is 1.00. The normalized spacial score (nSPS) is 9.57. The highest BCUT2D eigenvalue weighted by molar-refractivity contribution is 7.80. The molecule has 1 rings (SSSR count). The lowest BCUT2D eigenvalue weighted by atomic mass is 10.3. The van der Waals surface area contributed by atoms with Crippen molar-refractivity contribution in [3.63, 3.8) is 0 Å². The zero-order valence-electron chi connectivity index (χ0n) is 8.50. The zero-order chi connectivity index (χ0) is 10.4. The Hall–Kier alpha value is -1.16. The summed E-state index contributed by atoms with van der Waals surface area (Å²) in [6.07, 6.45) is 2.82. The third-order valence-electron chi connectivity index (χ3n) is 1.69. The largest absolute Gasteiger partial charge is 0.362 e. The summed E-state index contributed by atoms with van der Waals surface area (Å²) in [6, 6.07) is 3.91. The number of nitrogens with one attached hydrogen (secondary N) is 2. The lowest BCUT2D eigenvalue weighted by molar-refractivity contribution is 0.846. The topological polar surface area (TPSA) is 37.0 Å².